The summed E-state index contributed by atoms with van der Waals surface area (Å²) >= 11 is 0. The summed E-state index contributed by atoms with van der Waals surface area (Å²) in [6.45, 7) is 1.63. The normalized spacial score (nSPS) is 26.3. The Morgan fingerprint density at radius 1 is 1.33 bits per heavy atom. The van der Waals surface area contributed by atoms with E-state index in [1.807, 2.05) is 0 Å². The van der Waals surface area contributed by atoms with E-state index in [0.29, 0.717) is 12.6 Å². The van der Waals surface area contributed by atoms with Crippen molar-refractivity contribution in [2.45, 2.75) is 25.7 Å². The third kappa shape index (κ3) is 4.18. The largest absolute Gasteiger partial charge is 0.370 e. The molecule has 0 aromatic rings. The van der Waals surface area contributed by atoms with E-state index in [1.54, 1.807) is 14.2 Å². The summed E-state index contributed by atoms with van der Waals surface area (Å²) in [6, 6.07) is 0. The predicted molar refractivity (Wildman–Crippen MR) is 59.4 cm³/mol. The molecule has 88 valence electrons. The van der Waals surface area contributed by atoms with Crippen LogP contribution in [-0.2, 0) is 9.53 Å². The Balaban J connectivity index is 2.15. The van der Waals surface area contributed by atoms with E-state index in [9.17, 15) is 4.79 Å². The van der Waals surface area contributed by atoms with Crippen molar-refractivity contribution in [3.05, 3.63) is 0 Å². The van der Waals surface area contributed by atoms with Crippen molar-refractivity contribution in [3.8, 4) is 0 Å². The molecule has 15 heavy (non-hydrogen) atoms. The molecule has 0 aromatic heterocycles. The van der Waals surface area contributed by atoms with Gasteiger partial charge < -0.3 is 10.1 Å². The fraction of sp³-hybridized carbons (Fsp3) is 0.909. The molecular weight excluding hydrogens is 192 g/mol. The molecule has 0 bridgehead atoms. The molecule has 0 unspecified atom stereocenters. The van der Waals surface area contributed by atoms with E-state index in [4.69, 9.17) is 4.74 Å². The number of methoxy groups -OCH3 is 1. The van der Waals surface area contributed by atoms with Gasteiger partial charge in [0.15, 0.2) is 0 Å². The third-order valence-corrected chi connectivity index (χ3v) is 3.14. The van der Waals surface area contributed by atoms with Crippen LogP contribution in [0.4, 0.5) is 0 Å². The summed E-state index contributed by atoms with van der Waals surface area (Å²) in [5, 5.41) is 5.97. The van der Waals surface area contributed by atoms with Gasteiger partial charge in [-0.25, -0.2) is 0 Å². The molecule has 0 aromatic carbocycles. The van der Waals surface area contributed by atoms with Crippen molar-refractivity contribution in [2.75, 3.05) is 27.4 Å². The Labute approximate surface area is 91.8 Å². The summed E-state index contributed by atoms with van der Waals surface area (Å²) in [5.41, 5.74) is 0. The van der Waals surface area contributed by atoms with Crippen LogP contribution in [0.15, 0.2) is 0 Å². The number of carbonyl (C=O) groups excluding carboxylic acids is 1. The molecule has 4 heteroatoms. The maximum absolute atomic E-state index is 11.4. The Bertz CT molecular complexity index is 189. The van der Waals surface area contributed by atoms with Gasteiger partial charge in [-0.2, -0.15) is 0 Å². The molecule has 1 aliphatic carbocycles. The van der Waals surface area contributed by atoms with E-state index < -0.39 is 0 Å². The van der Waals surface area contributed by atoms with Crippen LogP contribution in [0.3, 0.4) is 0 Å². The molecule has 0 spiro atoms. The van der Waals surface area contributed by atoms with Crippen LogP contribution in [0.2, 0.25) is 0 Å². The van der Waals surface area contributed by atoms with Crippen molar-refractivity contribution in [1.29, 1.82) is 0 Å². The number of amides is 1. The van der Waals surface area contributed by atoms with E-state index >= 15 is 0 Å². The summed E-state index contributed by atoms with van der Waals surface area (Å²) in [7, 11) is 3.41. The van der Waals surface area contributed by atoms with Gasteiger partial charge in [-0.1, -0.05) is 0 Å². The van der Waals surface area contributed by atoms with Gasteiger partial charge in [-0.3, -0.25) is 10.1 Å². The van der Waals surface area contributed by atoms with E-state index in [-0.39, 0.29) is 11.8 Å². The van der Waals surface area contributed by atoms with E-state index in [1.165, 1.54) is 0 Å². The van der Waals surface area contributed by atoms with Crippen molar-refractivity contribution in [1.82, 2.24) is 10.6 Å². The molecule has 0 aliphatic heterocycles. The summed E-state index contributed by atoms with van der Waals surface area (Å²) < 4.78 is 4.93. The molecule has 1 amide bonds. The highest BCUT2D eigenvalue weighted by molar-refractivity contribution is 5.78. The van der Waals surface area contributed by atoms with Crippen LogP contribution >= 0.6 is 0 Å². The zero-order valence-electron chi connectivity index (χ0n) is 9.71. The highest BCUT2D eigenvalue weighted by Crippen LogP contribution is 2.28. The van der Waals surface area contributed by atoms with Gasteiger partial charge in [0.05, 0.1) is 6.73 Å². The summed E-state index contributed by atoms with van der Waals surface area (Å²) in [6.07, 6.45) is 4.35. The molecule has 2 N–H and O–H groups in total. The van der Waals surface area contributed by atoms with Crippen LogP contribution in [-0.4, -0.2) is 33.3 Å². The second kappa shape index (κ2) is 6.80. The molecule has 1 saturated carbocycles. The minimum Gasteiger partial charge on any atom is -0.370 e. The minimum atomic E-state index is 0.207. The van der Waals surface area contributed by atoms with Gasteiger partial charge in [-0.15, -0.1) is 0 Å². The van der Waals surface area contributed by atoms with Crippen LogP contribution < -0.4 is 10.6 Å². The van der Waals surface area contributed by atoms with Gasteiger partial charge in [-0.05, 0) is 31.6 Å². The molecule has 1 fully saturated rings. The Hall–Kier alpha value is -0.610. The topological polar surface area (TPSA) is 50.4 Å². The Morgan fingerprint density at radius 2 is 2.00 bits per heavy atom. The fourth-order valence-corrected chi connectivity index (χ4v) is 2.20. The number of rotatable bonds is 5. The van der Waals surface area contributed by atoms with Gasteiger partial charge in [0, 0.05) is 26.6 Å². The lowest BCUT2D eigenvalue weighted by atomic mass is 9.81. The van der Waals surface area contributed by atoms with Crippen molar-refractivity contribution >= 4 is 5.91 Å². The monoisotopic (exact) mass is 214 g/mol. The third-order valence-electron chi connectivity index (χ3n) is 3.14. The molecule has 0 heterocycles. The first kappa shape index (κ1) is 12.5. The molecular formula is C11H22N2O2. The standard InChI is InChI=1S/C11H22N2O2/c1-12-11(14)10-5-3-9(4-6-10)7-13-8-15-2/h9-10,13H,3-8H2,1-2H3,(H,12,14). The average Bonchev–Trinajstić information content (AvgIpc) is 2.29. The zero-order chi connectivity index (χ0) is 11.1. The van der Waals surface area contributed by atoms with Gasteiger partial charge in [0.2, 0.25) is 5.91 Å². The Morgan fingerprint density at radius 3 is 2.53 bits per heavy atom. The van der Waals surface area contributed by atoms with Crippen LogP contribution in [0.5, 0.6) is 0 Å². The zero-order valence-corrected chi connectivity index (χ0v) is 9.71. The van der Waals surface area contributed by atoms with Gasteiger partial charge in [0.1, 0.15) is 0 Å². The van der Waals surface area contributed by atoms with E-state index in [2.05, 4.69) is 10.6 Å². The van der Waals surface area contributed by atoms with E-state index in [0.717, 1.165) is 32.2 Å². The summed E-state index contributed by atoms with van der Waals surface area (Å²) in [5.74, 6) is 1.16. The van der Waals surface area contributed by atoms with Crippen molar-refractivity contribution < 1.29 is 9.53 Å². The number of carbonyl (C=O) groups is 1. The van der Waals surface area contributed by atoms with Crippen molar-refractivity contribution in [2.24, 2.45) is 11.8 Å². The van der Waals surface area contributed by atoms with Crippen molar-refractivity contribution in [3.63, 3.8) is 0 Å². The number of hydrogen-bond acceptors (Lipinski definition) is 3. The number of ether oxygens (including phenoxy) is 1. The maximum Gasteiger partial charge on any atom is 0.222 e. The second-order valence-electron chi connectivity index (χ2n) is 4.22. The highest BCUT2D eigenvalue weighted by atomic mass is 16.5. The number of hydrogen-bond donors (Lipinski definition) is 2. The SMILES string of the molecule is CNC(=O)C1CCC(CNCOC)CC1. The highest BCUT2D eigenvalue weighted by Gasteiger charge is 2.25. The summed E-state index contributed by atoms with van der Waals surface area (Å²) in [4.78, 5) is 11.4. The lowest BCUT2D eigenvalue weighted by molar-refractivity contribution is -0.125. The van der Waals surface area contributed by atoms with Crippen LogP contribution in [0, 0.1) is 11.8 Å². The van der Waals surface area contributed by atoms with Crippen LogP contribution in [0.1, 0.15) is 25.7 Å². The minimum absolute atomic E-state index is 0.207. The average molecular weight is 214 g/mol. The lowest BCUT2D eigenvalue weighted by Crippen LogP contribution is -2.33. The van der Waals surface area contributed by atoms with Gasteiger partial charge in [0.25, 0.3) is 0 Å². The van der Waals surface area contributed by atoms with Crippen LogP contribution in [0.25, 0.3) is 0 Å². The fourth-order valence-electron chi connectivity index (χ4n) is 2.20. The number of nitrogens with one attached hydrogen (secondary N) is 2. The first-order valence-corrected chi connectivity index (χ1v) is 5.69. The molecule has 4 nitrogen and oxygen atoms in total. The Kier molecular flexibility index (Phi) is 5.65. The smallest absolute Gasteiger partial charge is 0.222 e. The molecule has 0 saturated heterocycles. The quantitative estimate of drug-likeness (QED) is 0.524. The predicted octanol–water partition coefficient (Wildman–Crippen LogP) is 0.732. The van der Waals surface area contributed by atoms with Gasteiger partial charge >= 0.3 is 0 Å². The first-order valence-electron chi connectivity index (χ1n) is 5.69. The maximum atomic E-state index is 11.4. The lowest BCUT2D eigenvalue weighted by Gasteiger charge is -2.27. The first-order chi connectivity index (χ1) is 7.27. The second-order valence-corrected chi connectivity index (χ2v) is 4.22. The molecule has 1 rings (SSSR count). The molecule has 0 atom stereocenters. The molecule has 0 radical (unpaired) electrons. The molecule has 1 aliphatic rings.